The summed E-state index contributed by atoms with van der Waals surface area (Å²) in [6, 6.07) is 0. The molecule has 17 heavy (non-hydrogen) atoms. The number of Topliss-reactive ketones (excluding diaryl/α,β-unsaturated/α-hetero) is 2. The van der Waals surface area contributed by atoms with Crippen molar-refractivity contribution < 1.29 is 9.59 Å². The minimum atomic E-state index is -0.243. The van der Waals surface area contributed by atoms with Crippen LogP contribution in [0.4, 0.5) is 0 Å². The SMILES string of the molecule is C=C(C)C/C=C(\C(C)=O)C(C)(C)CCC(C)=O. The molecule has 96 valence electrons. The van der Waals surface area contributed by atoms with Gasteiger partial charge in [0, 0.05) is 6.42 Å². The molecule has 0 aliphatic rings. The zero-order valence-electron chi connectivity index (χ0n) is 11.7. The third-order valence-electron chi connectivity index (χ3n) is 2.87. The second-order valence-corrected chi connectivity index (χ2v) is 5.42. The van der Waals surface area contributed by atoms with Crippen LogP contribution in [0.25, 0.3) is 0 Å². The van der Waals surface area contributed by atoms with Crippen LogP contribution in [0, 0.1) is 5.41 Å². The number of rotatable bonds is 7. The van der Waals surface area contributed by atoms with Gasteiger partial charge in [0.05, 0.1) is 0 Å². The van der Waals surface area contributed by atoms with Gasteiger partial charge < -0.3 is 4.79 Å². The fraction of sp³-hybridized carbons (Fsp3) is 0.600. The lowest BCUT2D eigenvalue weighted by molar-refractivity contribution is -0.118. The average molecular weight is 236 g/mol. The van der Waals surface area contributed by atoms with E-state index in [-0.39, 0.29) is 17.0 Å². The van der Waals surface area contributed by atoms with Gasteiger partial charge in [-0.25, -0.2) is 0 Å². The highest BCUT2D eigenvalue weighted by molar-refractivity contribution is 5.94. The smallest absolute Gasteiger partial charge is 0.156 e. The standard InChI is InChI=1S/C15H24O2/c1-11(2)7-8-14(13(4)17)15(5,6)10-9-12(3)16/h8H,1,7,9-10H2,2-6H3/b14-8+. The van der Waals surface area contributed by atoms with E-state index in [2.05, 4.69) is 6.58 Å². The Labute approximate surface area is 105 Å². The van der Waals surface area contributed by atoms with Crippen LogP contribution >= 0.6 is 0 Å². The summed E-state index contributed by atoms with van der Waals surface area (Å²) in [5.41, 5.74) is 1.60. The first kappa shape index (κ1) is 15.8. The van der Waals surface area contributed by atoms with E-state index in [0.29, 0.717) is 12.8 Å². The number of allylic oxidation sites excluding steroid dienone is 3. The van der Waals surface area contributed by atoms with Crippen molar-refractivity contribution in [3.05, 3.63) is 23.8 Å². The van der Waals surface area contributed by atoms with Gasteiger partial charge in [0.1, 0.15) is 5.78 Å². The number of carbonyl (C=O) groups excluding carboxylic acids is 2. The van der Waals surface area contributed by atoms with Crippen LogP contribution < -0.4 is 0 Å². The number of carbonyl (C=O) groups is 2. The summed E-state index contributed by atoms with van der Waals surface area (Å²) >= 11 is 0. The molecule has 0 fully saturated rings. The van der Waals surface area contributed by atoms with Gasteiger partial charge in [0.25, 0.3) is 0 Å². The normalized spacial score (nSPS) is 12.4. The topological polar surface area (TPSA) is 34.1 Å². The Hall–Kier alpha value is -1.18. The first-order valence-electron chi connectivity index (χ1n) is 6.02. The van der Waals surface area contributed by atoms with Crippen LogP contribution in [0.5, 0.6) is 0 Å². The molecule has 0 heterocycles. The molecule has 2 heteroatoms. The minimum Gasteiger partial charge on any atom is -0.300 e. The average Bonchev–Trinajstić information content (AvgIpc) is 2.13. The van der Waals surface area contributed by atoms with E-state index in [0.717, 1.165) is 17.6 Å². The lowest BCUT2D eigenvalue weighted by Gasteiger charge is -2.26. The fourth-order valence-electron chi connectivity index (χ4n) is 1.80. The van der Waals surface area contributed by atoms with Crippen LogP contribution in [-0.2, 0) is 9.59 Å². The van der Waals surface area contributed by atoms with E-state index >= 15 is 0 Å². The molecule has 0 bridgehead atoms. The maximum Gasteiger partial charge on any atom is 0.156 e. The quantitative estimate of drug-likeness (QED) is 0.497. The molecule has 0 aliphatic heterocycles. The summed E-state index contributed by atoms with van der Waals surface area (Å²) in [5.74, 6) is 0.251. The molecule has 0 atom stereocenters. The molecule has 0 unspecified atom stereocenters. The van der Waals surface area contributed by atoms with Crippen molar-refractivity contribution >= 4 is 11.6 Å². The molecule has 0 aliphatic carbocycles. The van der Waals surface area contributed by atoms with Crippen molar-refractivity contribution in [3.8, 4) is 0 Å². The predicted molar refractivity (Wildman–Crippen MR) is 71.9 cm³/mol. The Morgan fingerprint density at radius 1 is 1.18 bits per heavy atom. The number of hydrogen-bond donors (Lipinski definition) is 0. The Morgan fingerprint density at radius 3 is 2.06 bits per heavy atom. The summed E-state index contributed by atoms with van der Waals surface area (Å²) in [6.45, 7) is 13.0. The molecule has 0 spiro atoms. The fourth-order valence-corrected chi connectivity index (χ4v) is 1.80. The Kier molecular flexibility index (Phi) is 6.08. The molecule has 0 aromatic carbocycles. The Morgan fingerprint density at radius 2 is 1.71 bits per heavy atom. The molecule has 0 saturated heterocycles. The van der Waals surface area contributed by atoms with Crippen molar-refractivity contribution in [1.82, 2.24) is 0 Å². The lowest BCUT2D eigenvalue weighted by atomic mass is 9.77. The van der Waals surface area contributed by atoms with E-state index < -0.39 is 0 Å². The Bertz CT molecular complexity index is 346. The van der Waals surface area contributed by atoms with Crippen molar-refractivity contribution in [1.29, 1.82) is 0 Å². The van der Waals surface area contributed by atoms with Gasteiger partial charge in [0.15, 0.2) is 5.78 Å². The first-order chi connectivity index (χ1) is 7.66. The van der Waals surface area contributed by atoms with Crippen LogP contribution in [-0.4, -0.2) is 11.6 Å². The number of hydrogen-bond acceptors (Lipinski definition) is 2. The van der Waals surface area contributed by atoms with Crippen molar-refractivity contribution in [3.63, 3.8) is 0 Å². The summed E-state index contributed by atoms with van der Waals surface area (Å²) in [6.07, 6.45) is 3.90. The van der Waals surface area contributed by atoms with E-state index in [9.17, 15) is 9.59 Å². The van der Waals surface area contributed by atoms with Crippen LogP contribution in [0.1, 0.15) is 53.9 Å². The van der Waals surface area contributed by atoms with Gasteiger partial charge in [0.2, 0.25) is 0 Å². The van der Waals surface area contributed by atoms with Crippen molar-refractivity contribution in [2.24, 2.45) is 5.41 Å². The van der Waals surface area contributed by atoms with Crippen molar-refractivity contribution in [2.75, 3.05) is 0 Å². The molecule has 0 rings (SSSR count). The second kappa shape index (κ2) is 6.53. The molecule has 0 saturated carbocycles. The molecular weight excluding hydrogens is 212 g/mol. The summed E-state index contributed by atoms with van der Waals surface area (Å²) in [5, 5.41) is 0. The van der Waals surface area contributed by atoms with Gasteiger partial charge in [-0.05, 0) is 44.6 Å². The maximum atomic E-state index is 11.7. The molecule has 2 nitrogen and oxygen atoms in total. The van der Waals surface area contributed by atoms with E-state index in [1.165, 1.54) is 0 Å². The summed E-state index contributed by atoms with van der Waals surface area (Å²) in [4.78, 5) is 22.7. The molecule has 0 aromatic rings. The van der Waals surface area contributed by atoms with E-state index in [1.54, 1.807) is 13.8 Å². The zero-order chi connectivity index (χ0) is 13.6. The summed E-state index contributed by atoms with van der Waals surface area (Å²) < 4.78 is 0. The van der Waals surface area contributed by atoms with E-state index in [1.807, 2.05) is 26.8 Å². The highest BCUT2D eigenvalue weighted by atomic mass is 16.1. The third-order valence-corrected chi connectivity index (χ3v) is 2.87. The van der Waals surface area contributed by atoms with Crippen molar-refractivity contribution in [2.45, 2.75) is 53.9 Å². The van der Waals surface area contributed by atoms with Crippen LogP contribution in [0.3, 0.4) is 0 Å². The van der Waals surface area contributed by atoms with Gasteiger partial charge in [-0.3, -0.25) is 4.79 Å². The highest BCUT2D eigenvalue weighted by Crippen LogP contribution is 2.33. The van der Waals surface area contributed by atoms with Gasteiger partial charge in [-0.2, -0.15) is 0 Å². The van der Waals surface area contributed by atoms with E-state index in [4.69, 9.17) is 0 Å². The third kappa shape index (κ3) is 6.20. The van der Waals surface area contributed by atoms with Gasteiger partial charge in [-0.1, -0.05) is 32.1 Å². The molecule has 0 aromatic heterocycles. The lowest BCUT2D eigenvalue weighted by Crippen LogP contribution is -2.21. The zero-order valence-corrected chi connectivity index (χ0v) is 11.7. The summed E-state index contributed by atoms with van der Waals surface area (Å²) in [7, 11) is 0. The predicted octanol–water partition coefficient (Wildman–Crippen LogP) is 3.86. The molecular formula is C15H24O2. The number of ketones is 2. The Balaban J connectivity index is 4.90. The molecule has 0 N–H and O–H groups in total. The first-order valence-corrected chi connectivity index (χ1v) is 6.02. The monoisotopic (exact) mass is 236 g/mol. The molecule has 0 amide bonds. The minimum absolute atomic E-state index is 0.0832. The molecule has 0 radical (unpaired) electrons. The second-order valence-electron chi connectivity index (χ2n) is 5.42. The highest BCUT2D eigenvalue weighted by Gasteiger charge is 2.26. The largest absolute Gasteiger partial charge is 0.300 e. The van der Waals surface area contributed by atoms with Crippen LogP contribution in [0.2, 0.25) is 0 Å². The van der Waals surface area contributed by atoms with Crippen LogP contribution in [0.15, 0.2) is 23.8 Å². The van der Waals surface area contributed by atoms with Gasteiger partial charge in [-0.15, -0.1) is 0 Å². The maximum absolute atomic E-state index is 11.7. The van der Waals surface area contributed by atoms with Gasteiger partial charge >= 0.3 is 0 Å².